The molecule has 3 heteroatoms. The van der Waals surface area contributed by atoms with Crippen molar-refractivity contribution in [3.05, 3.63) is 24.0 Å². The first kappa shape index (κ1) is 11.7. The molecule has 1 saturated heterocycles. The molecule has 1 unspecified atom stereocenters. The maximum Gasteiger partial charge on any atom is 0.0387 e. The summed E-state index contributed by atoms with van der Waals surface area (Å²) >= 11 is 0. The van der Waals surface area contributed by atoms with E-state index in [0.29, 0.717) is 12.0 Å². The molecule has 3 nitrogen and oxygen atoms in total. The van der Waals surface area contributed by atoms with Crippen LogP contribution >= 0.6 is 0 Å². The van der Waals surface area contributed by atoms with Gasteiger partial charge in [-0.05, 0) is 17.5 Å². The monoisotopic (exact) mass is 221 g/mol. The number of piperazine rings is 1. The van der Waals surface area contributed by atoms with Crippen LogP contribution < -0.4 is 5.32 Å². The molecule has 2 rings (SSSR count). The molecule has 0 saturated carbocycles. The second kappa shape index (κ2) is 5.02. The molecule has 0 aliphatic carbocycles. The van der Waals surface area contributed by atoms with Crippen LogP contribution in [0.25, 0.3) is 0 Å². The van der Waals surface area contributed by atoms with E-state index in [1.54, 1.807) is 0 Å². The predicted octanol–water partition coefficient (Wildman–Crippen LogP) is 1.63. The summed E-state index contributed by atoms with van der Waals surface area (Å²) in [6.07, 6.45) is 4.40. The van der Waals surface area contributed by atoms with Crippen LogP contribution in [0.1, 0.15) is 25.5 Å². The van der Waals surface area contributed by atoms with Gasteiger partial charge in [0.2, 0.25) is 0 Å². The van der Waals surface area contributed by atoms with E-state index in [0.717, 1.165) is 26.2 Å². The Morgan fingerprint density at radius 2 is 1.94 bits per heavy atom. The van der Waals surface area contributed by atoms with Crippen LogP contribution in [-0.2, 0) is 7.05 Å². The van der Waals surface area contributed by atoms with Crippen LogP contribution in [-0.4, -0.2) is 35.6 Å². The predicted molar refractivity (Wildman–Crippen MR) is 67.4 cm³/mol. The summed E-state index contributed by atoms with van der Waals surface area (Å²) < 4.78 is 2.15. The lowest BCUT2D eigenvalue weighted by Crippen LogP contribution is -2.46. The average molecular weight is 221 g/mol. The highest BCUT2D eigenvalue weighted by atomic mass is 15.2. The molecule has 90 valence electrons. The minimum atomic E-state index is 0.572. The van der Waals surface area contributed by atoms with E-state index >= 15 is 0 Å². The molecule has 0 aromatic carbocycles. The van der Waals surface area contributed by atoms with Crippen molar-refractivity contribution in [1.82, 2.24) is 14.8 Å². The number of hydrogen-bond donors (Lipinski definition) is 1. The fourth-order valence-corrected chi connectivity index (χ4v) is 2.68. The molecule has 0 bridgehead atoms. The van der Waals surface area contributed by atoms with Gasteiger partial charge < -0.3 is 9.88 Å². The largest absolute Gasteiger partial charge is 0.357 e. The normalized spacial score (nSPS) is 20.2. The summed E-state index contributed by atoms with van der Waals surface area (Å²) in [5.41, 5.74) is 1.46. The molecular weight excluding hydrogens is 198 g/mol. The zero-order chi connectivity index (χ0) is 11.5. The van der Waals surface area contributed by atoms with Gasteiger partial charge in [-0.25, -0.2) is 0 Å². The van der Waals surface area contributed by atoms with Crippen molar-refractivity contribution in [3.63, 3.8) is 0 Å². The first-order valence-electron chi connectivity index (χ1n) is 6.25. The Kier molecular flexibility index (Phi) is 3.66. The van der Waals surface area contributed by atoms with E-state index in [1.807, 2.05) is 0 Å². The number of aryl methyl sites for hydroxylation is 1. The SMILES string of the molecule is CC(C)C(c1ccn(C)c1)N1CCNCC1. The molecular formula is C13H23N3. The van der Waals surface area contributed by atoms with Crippen molar-refractivity contribution in [1.29, 1.82) is 0 Å². The molecule has 1 aliphatic heterocycles. The fraction of sp³-hybridized carbons (Fsp3) is 0.692. The lowest BCUT2D eigenvalue weighted by molar-refractivity contribution is 0.137. The molecule has 1 aromatic rings. The minimum Gasteiger partial charge on any atom is -0.357 e. The quantitative estimate of drug-likeness (QED) is 0.837. The van der Waals surface area contributed by atoms with Crippen molar-refractivity contribution in [2.24, 2.45) is 13.0 Å². The average Bonchev–Trinajstić information content (AvgIpc) is 2.66. The Hall–Kier alpha value is -0.800. The van der Waals surface area contributed by atoms with Crippen LogP contribution in [0, 0.1) is 5.92 Å². The number of nitrogens with one attached hydrogen (secondary N) is 1. The third-order valence-corrected chi connectivity index (χ3v) is 3.37. The lowest BCUT2D eigenvalue weighted by atomic mass is 9.96. The molecule has 0 amide bonds. The van der Waals surface area contributed by atoms with E-state index in [-0.39, 0.29) is 0 Å². The molecule has 2 heterocycles. The Balaban J connectivity index is 2.16. The van der Waals surface area contributed by atoms with E-state index in [2.05, 4.69) is 54.1 Å². The van der Waals surface area contributed by atoms with Gasteiger partial charge in [-0.2, -0.15) is 0 Å². The van der Waals surface area contributed by atoms with Crippen LogP contribution in [0.2, 0.25) is 0 Å². The highest BCUT2D eigenvalue weighted by Crippen LogP contribution is 2.28. The third-order valence-electron chi connectivity index (χ3n) is 3.37. The van der Waals surface area contributed by atoms with Gasteiger partial charge in [0, 0.05) is 51.7 Å². The number of hydrogen-bond acceptors (Lipinski definition) is 2. The fourth-order valence-electron chi connectivity index (χ4n) is 2.68. The third kappa shape index (κ3) is 2.47. The van der Waals surface area contributed by atoms with Gasteiger partial charge in [-0.3, -0.25) is 4.90 Å². The van der Waals surface area contributed by atoms with Crippen molar-refractivity contribution in [3.8, 4) is 0 Å². The first-order chi connectivity index (χ1) is 7.68. The summed E-state index contributed by atoms with van der Waals surface area (Å²) in [7, 11) is 2.10. The molecule has 1 atom stereocenters. The first-order valence-corrected chi connectivity index (χ1v) is 6.25. The summed E-state index contributed by atoms with van der Waals surface area (Å²) in [5, 5.41) is 3.42. The van der Waals surface area contributed by atoms with E-state index < -0.39 is 0 Å². The van der Waals surface area contributed by atoms with Crippen LogP contribution in [0.15, 0.2) is 18.5 Å². The van der Waals surface area contributed by atoms with Crippen LogP contribution in [0.4, 0.5) is 0 Å². The second-order valence-corrected chi connectivity index (χ2v) is 5.09. The van der Waals surface area contributed by atoms with Gasteiger partial charge in [0.15, 0.2) is 0 Å². The molecule has 1 aliphatic rings. The Labute approximate surface area is 98.4 Å². The van der Waals surface area contributed by atoms with Gasteiger partial charge in [-0.1, -0.05) is 13.8 Å². The maximum absolute atomic E-state index is 3.42. The highest BCUT2D eigenvalue weighted by Gasteiger charge is 2.25. The maximum atomic E-state index is 3.42. The summed E-state index contributed by atoms with van der Waals surface area (Å²) in [6.45, 7) is 9.21. The van der Waals surface area contributed by atoms with Crippen LogP contribution in [0.3, 0.4) is 0 Å². The zero-order valence-electron chi connectivity index (χ0n) is 10.6. The smallest absolute Gasteiger partial charge is 0.0387 e. The summed E-state index contributed by atoms with van der Waals surface area (Å²) in [5.74, 6) is 0.667. The molecule has 0 spiro atoms. The standard InChI is InChI=1S/C13H23N3/c1-11(2)13(12-4-7-15(3)10-12)16-8-5-14-6-9-16/h4,7,10-11,13-14H,5-6,8-9H2,1-3H3. The number of aromatic nitrogens is 1. The van der Waals surface area contributed by atoms with Gasteiger partial charge >= 0.3 is 0 Å². The molecule has 16 heavy (non-hydrogen) atoms. The Morgan fingerprint density at radius 1 is 1.25 bits per heavy atom. The zero-order valence-corrected chi connectivity index (χ0v) is 10.6. The Bertz CT molecular complexity index is 324. The minimum absolute atomic E-state index is 0.572. The van der Waals surface area contributed by atoms with Crippen LogP contribution in [0.5, 0.6) is 0 Å². The van der Waals surface area contributed by atoms with Crippen molar-refractivity contribution in [2.45, 2.75) is 19.9 Å². The van der Waals surface area contributed by atoms with Gasteiger partial charge in [0.1, 0.15) is 0 Å². The topological polar surface area (TPSA) is 20.2 Å². The van der Waals surface area contributed by atoms with E-state index in [9.17, 15) is 0 Å². The van der Waals surface area contributed by atoms with Gasteiger partial charge in [0.05, 0.1) is 0 Å². The molecule has 1 N–H and O–H groups in total. The van der Waals surface area contributed by atoms with Crippen molar-refractivity contribution < 1.29 is 0 Å². The van der Waals surface area contributed by atoms with Crippen molar-refractivity contribution >= 4 is 0 Å². The summed E-state index contributed by atoms with van der Waals surface area (Å²) in [6, 6.07) is 2.83. The van der Waals surface area contributed by atoms with Gasteiger partial charge in [-0.15, -0.1) is 0 Å². The summed E-state index contributed by atoms with van der Waals surface area (Å²) in [4.78, 5) is 2.61. The lowest BCUT2D eigenvalue weighted by Gasteiger charge is -2.37. The number of rotatable bonds is 3. The number of nitrogens with zero attached hydrogens (tertiary/aromatic N) is 2. The highest BCUT2D eigenvalue weighted by molar-refractivity contribution is 5.16. The molecule has 1 fully saturated rings. The van der Waals surface area contributed by atoms with Gasteiger partial charge in [0.25, 0.3) is 0 Å². The molecule has 1 aromatic heterocycles. The molecule has 0 radical (unpaired) electrons. The van der Waals surface area contributed by atoms with E-state index in [4.69, 9.17) is 0 Å². The Morgan fingerprint density at radius 3 is 2.44 bits per heavy atom. The second-order valence-electron chi connectivity index (χ2n) is 5.09. The van der Waals surface area contributed by atoms with Crippen molar-refractivity contribution in [2.75, 3.05) is 26.2 Å². The van der Waals surface area contributed by atoms with E-state index in [1.165, 1.54) is 5.56 Å².